The fraction of sp³-hybridized carbons (Fsp3) is 0.400. The summed E-state index contributed by atoms with van der Waals surface area (Å²) in [6.45, 7) is 3.97. The quantitative estimate of drug-likeness (QED) is 0.902. The summed E-state index contributed by atoms with van der Waals surface area (Å²) in [4.78, 5) is 16.7. The highest BCUT2D eigenvalue weighted by Crippen LogP contribution is 2.21. The van der Waals surface area contributed by atoms with Crippen LogP contribution < -0.4 is 0 Å². The molecule has 1 aromatic heterocycles. The second-order valence-corrected chi connectivity index (χ2v) is 5.23. The molecular formula is C15H19FN2O2. The first-order valence-corrected chi connectivity index (χ1v) is 6.61. The highest BCUT2D eigenvalue weighted by atomic mass is 19.1. The van der Waals surface area contributed by atoms with E-state index in [0.717, 1.165) is 10.9 Å². The summed E-state index contributed by atoms with van der Waals surface area (Å²) in [6, 6.07) is 4.57. The van der Waals surface area contributed by atoms with Crippen LogP contribution in [-0.2, 0) is 0 Å². The van der Waals surface area contributed by atoms with Gasteiger partial charge in [-0.05, 0) is 44.0 Å². The number of nitrogens with one attached hydrogen (secondary N) is 1. The minimum Gasteiger partial charge on any atom is -0.393 e. The second kappa shape index (κ2) is 5.63. The first-order valence-electron chi connectivity index (χ1n) is 6.61. The molecule has 0 spiro atoms. The number of aliphatic hydroxyl groups is 1. The van der Waals surface area contributed by atoms with Gasteiger partial charge in [0.2, 0.25) is 0 Å². The first kappa shape index (κ1) is 14.5. The molecule has 1 amide bonds. The Morgan fingerprint density at radius 3 is 2.80 bits per heavy atom. The molecule has 20 heavy (non-hydrogen) atoms. The van der Waals surface area contributed by atoms with Crippen LogP contribution in [0.15, 0.2) is 18.2 Å². The molecule has 1 atom stereocenters. The van der Waals surface area contributed by atoms with Crippen molar-refractivity contribution in [2.75, 3.05) is 13.6 Å². The molecule has 2 rings (SSSR count). The summed E-state index contributed by atoms with van der Waals surface area (Å²) in [5.41, 5.74) is 1.85. The van der Waals surface area contributed by atoms with E-state index in [-0.39, 0.29) is 11.7 Å². The Kier molecular flexibility index (Phi) is 4.09. The maximum atomic E-state index is 13.3. The van der Waals surface area contributed by atoms with E-state index in [1.165, 1.54) is 12.1 Å². The number of carbonyl (C=O) groups excluding carboxylic acids is 1. The largest absolute Gasteiger partial charge is 0.393 e. The number of halogens is 1. The van der Waals surface area contributed by atoms with E-state index < -0.39 is 6.10 Å². The number of aromatic amines is 1. The fourth-order valence-corrected chi connectivity index (χ4v) is 2.18. The molecule has 0 saturated heterocycles. The van der Waals surface area contributed by atoms with Crippen LogP contribution in [0.1, 0.15) is 29.4 Å². The average Bonchev–Trinajstić information content (AvgIpc) is 2.78. The zero-order chi connectivity index (χ0) is 14.9. The Balaban J connectivity index is 2.24. The van der Waals surface area contributed by atoms with Gasteiger partial charge in [0.05, 0.1) is 6.10 Å². The number of benzene rings is 1. The van der Waals surface area contributed by atoms with E-state index in [0.29, 0.717) is 24.2 Å². The van der Waals surface area contributed by atoms with Crippen LogP contribution in [0.4, 0.5) is 4.39 Å². The summed E-state index contributed by atoms with van der Waals surface area (Å²) >= 11 is 0. The number of hydrogen-bond acceptors (Lipinski definition) is 2. The van der Waals surface area contributed by atoms with E-state index in [2.05, 4.69) is 4.98 Å². The number of carbonyl (C=O) groups is 1. The van der Waals surface area contributed by atoms with Gasteiger partial charge in [0.25, 0.3) is 5.91 Å². The number of aryl methyl sites for hydroxylation is 1. The third-order valence-corrected chi connectivity index (χ3v) is 3.37. The summed E-state index contributed by atoms with van der Waals surface area (Å²) in [7, 11) is 1.68. The van der Waals surface area contributed by atoms with Gasteiger partial charge in [0.15, 0.2) is 0 Å². The van der Waals surface area contributed by atoms with Crippen LogP contribution in [0, 0.1) is 12.7 Å². The van der Waals surface area contributed by atoms with E-state index in [1.807, 2.05) is 6.92 Å². The van der Waals surface area contributed by atoms with Gasteiger partial charge in [-0.15, -0.1) is 0 Å². The van der Waals surface area contributed by atoms with Gasteiger partial charge >= 0.3 is 0 Å². The SMILES string of the molecule is Cc1cc(F)cc2[nH]c(C(=O)N(C)CCC(C)O)cc12. The van der Waals surface area contributed by atoms with Crippen LogP contribution in [-0.4, -0.2) is 40.6 Å². The first-order chi connectivity index (χ1) is 9.38. The highest BCUT2D eigenvalue weighted by Gasteiger charge is 2.16. The lowest BCUT2D eigenvalue weighted by atomic mass is 10.1. The third-order valence-electron chi connectivity index (χ3n) is 3.37. The number of aromatic nitrogens is 1. The van der Waals surface area contributed by atoms with Crippen LogP contribution in [0.5, 0.6) is 0 Å². The molecule has 2 aromatic rings. The lowest BCUT2D eigenvalue weighted by Crippen LogP contribution is -2.29. The Hall–Kier alpha value is -1.88. The van der Waals surface area contributed by atoms with Gasteiger partial charge in [-0.2, -0.15) is 0 Å². The topological polar surface area (TPSA) is 56.3 Å². The van der Waals surface area contributed by atoms with Gasteiger partial charge < -0.3 is 15.0 Å². The average molecular weight is 278 g/mol. The molecule has 0 aliphatic carbocycles. The molecule has 1 heterocycles. The molecule has 0 aliphatic heterocycles. The van der Waals surface area contributed by atoms with Gasteiger partial charge in [-0.1, -0.05) is 0 Å². The molecule has 0 radical (unpaired) electrons. The van der Waals surface area contributed by atoms with Crippen LogP contribution in [0.3, 0.4) is 0 Å². The van der Waals surface area contributed by atoms with Crippen LogP contribution in [0.25, 0.3) is 10.9 Å². The van der Waals surface area contributed by atoms with Crippen molar-refractivity contribution in [3.63, 3.8) is 0 Å². The van der Waals surface area contributed by atoms with Crippen molar-refractivity contribution in [1.82, 2.24) is 9.88 Å². The zero-order valence-corrected chi connectivity index (χ0v) is 11.9. The monoisotopic (exact) mass is 278 g/mol. The fourth-order valence-electron chi connectivity index (χ4n) is 2.18. The molecule has 5 heteroatoms. The Morgan fingerprint density at radius 1 is 1.45 bits per heavy atom. The number of hydrogen-bond donors (Lipinski definition) is 2. The van der Waals surface area contributed by atoms with E-state index in [4.69, 9.17) is 0 Å². The van der Waals surface area contributed by atoms with Crippen molar-refractivity contribution < 1.29 is 14.3 Å². The van der Waals surface area contributed by atoms with Crippen LogP contribution >= 0.6 is 0 Å². The molecule has 0 fully saturated rings. The Labute approximate surface area is 117 Å². The van der Waals surface area contributed by atoms with Crippen molar-refractivity contribution in [3.8, 4) is 0 Å². The lowest BCUT2D eigenvalue weighted by molar-refractivity contribution is 0.0764. The molecule has 108 valence electrons. The lowest BCUT2D eigenvalue weighted by Gasteiger charge is -2.17. The minimum absolute atomic E-state index is 0.165. The van der Waals surface area contributed by atoms with Gasteiger partial charge in [0, 0.05) is 24.5 Å². The summed E-state index contributed by atoms with van der Waals surface area (Å²) in [5, 5.41) is 10.1. The number of nitrogens with zero attached hydrogens (tertiary/aromatic N) is 1. The van der Waals surface area contributed by atoms with Crippen molar-refractivity contribution >= 4 is 16.8 Å². The third kappa shape index (κ3) is 2.99. The summed E-state index contributed by atoms with van der Waals surface area (Å²) in [6.07, 6.45) is 0.0835. The normalized spacial score (nSPS) is 12.7. The Bertz CT molecular complexity index is 634. The number of H-pyrrole nitrogens is 1. The molecule has 2 N–H and O–H groups in total. The Morgan fingerprint density at radius 2 is 2.15 bits per heavy atom. The van der Waals surface area contributed by atoms with Crippen molar-refractivity contribution in [3.05, 3.63) is 35.3 Å². The van der Waals surface area contributed by atoms with E-state index >= 15 is 0 Å². The van der Waals surface area contributed by atoms with Gasteiger partial charge in [0.1, 0.15) is 11.5 Å². The van der Waals surface area contributed by atoms with Gasteiger partial charge in [-0.3, -0.25) is 4.79 Å². The van der Waals surface area contributed by atoms with Gasteiger partial charge in [-0.25, -0.2) is 4.39 Å². The second-order valence-electron chi connectivity index (χ2n) is 5.23. The van der Waals surface area contributed by atoms with Crippen molar-refractivity contribution in [1.29, 1.82) is 0 Å². The predicted molar refractivity (Wildman–Crippen MR) is 76.3 cm³/mol. The molecule has 4 nitrogen and oxygen atoms in total. The van der Waals surface area contributed by atoms with Crippen molar-refractivity contribution in [2.24, 2.45) is 0 Å². The summed E-state index contributed by atoms with van der Waals surface area (Å²) in [5.74, 6) is -0.486. The maximum absolute atomic E-state index is 13.3. The molecule has 0 aliphatic rings. The minimum atomic E-state index is -0.440. The van der Waals surface area contributed by atoms with E-state index in [1.54, 1.807) is 24.9 Å². The standard InChI is InChI=1S/C15H19FN2O2/c1-9-6-11(16)7-13-12(9)8-14(17-13)15(20)18(3)5-4-10(2)19/h6-8,10,17,19H,4-5H2,1-3H3. The number of amides is 1. The molecule has 0 bridgehead atoms. The molecular weight excluding hydrogens is 259 g/mol. The van der Waals surface area contributed by atoms with Crippen molar-refractivity contribution in [2.45, 2.75) is 26.4 Å². The smallest absolute Gasteiger partial charge is 0.270 e. The zero-order valence-electron chi connectivity index (χ0n) is 11.9. The molecule has 1 aromatic carbocycles. The molecule has 1 unspecified atom stereocenters. The molecule has 0 saturated carbocycles. The number of aliphatic hydroxyl groups excluding tert-OH is 1. The number of rotatable bonds is 4. The number of fused-ring (bicyclic) bond motifs is 1. The maximum Gasteiger partial charge on any atom is 0.270 e. The van der Waals surface area contributed by atoms with Crippen LogP contribution in [0.2, 0.25) is 0 Å². The van der Waals surface area contributed by atoms with E-state index in [9.17, 15) is 14.3 Å². The predicted octanol–water partition coefficient (Wildman–Crippen LogP) is 2.46. The summed E-state index contributed by atoms with van der Waals surface area (Å²) < 4.78 is 13.3. The highest BCUT2D eigenvalue weighted by molar-refractivity contribution is 5.98.